The second kappa shape index (κ2) is 13.2. The molecular formula is C31H32ClF5N4O2. The number of fused-ring (bicyclic) bond motifs is 1. The number of ether oxygens (including phenoxy) is 1. The van der Waals surface area contributed by atoms with Crippen LogP contribution in [0.25, 0.3) is 5.65 Å². The smallest absolute Gasteiger partial charge is 0.422 e. The first-order valence-electron chi connectivity index (χ1n) is 13.8. The van der Waals surface area contributed by atoms with Gasteiger partial charge in [0.25, 0.3) is 0 Å². The fourth-order valence-corrected chi connectivity index (χ4v) is 5.41. The van der Waals surface area contributed by atoms with Gasteiger partial charge in [0.15, 0.2) is 12.4 Å². The Morgan fingerprint density at radius 2 is 1.79 bits per heavy atom. The topological polar surface area (TPSA) is 50.1 Å². The number of Topliss-reactive ketones (excluding diaryl/α,β-unsaturated/α-hetero) is 1. The molecule has 1 fully saturated rings. The number of imidazole rings is 1. The third-order valence-electron chi connectivity index (χ3n) is 7.45. The molecule has 0 bridgehead atoms. The van der Waals surface area contributed by atoms with Crippen LogP contribution in [0.15, 0.2) is 60.8 Å². The molecule has 0 N–H and O–H groups in total. The predicted octanol–water partition coefficient (Wildman–Crippen LogP) is 7.07. The van der Waals surface area contributed by atoms with Gasteiger partial charge in [-0.3, -0.25) is 9.20 Å². The zero-order valence-corrected chi connectivity index (χ0v) is 24.5. The summed E-state index contributed by atoms with van der Waals surface area (Å²) in [7, 11) is 0. The first kappa shape index (κ1) is 32.1. The molecule has 0 aliphatic carbocycles. The second-order valence-corrected chi connectivity index (χ2v) is 10.4. The van der Waals surface area contributed by atoms with Crippen LogP contribution in [0.2, 0.25) is 0 Å². The number of benzene rings is 2. The Labute approximate surface area is 252 Å². The molecule has 0 unspecified atom stereocenters. The quantitative estimate of drug-likeness (QED) is 0.148. The van der Waals surface area contributed by atoms with Crippen LogP contribution in [-0.4, -0.2) is 53.6 Å². The maximum absolute atomic E-state index is 15.3. The van der Waals surface area contributed by atoms with Crippen LogP contribution in [0.1, 0.15) is 42.0 Å². The van der Waals surface area contributed by atoms with E-state index in [-0.39, 0.29) is 42.2 Å². The van der Waals surface area contributed by atoms with Gasteiger partial charge in [0, 0.05) is 50.0 Å². The highest BCUT2D eigenvalue weighted by Crippen LogP contribution is 2.29. The van der Waals surface area contributed by atoms with Crippen molar-refractivity contribution in [3.05, 3.63) is 89.4 Å². The molecule has 0 amide bonds. The van der Waals surface area contributed by atoms with Crippen LogP contribution in [0.3, 0.4) is 0 Å². The van der Waals surface area contributed by atoms with Gasteiger partial charge in [-0.05, 0) is 67.8 Å². The lowest BCUT2D eigenvalue weighted by molar-refractivity contribution is -0.153. The Balaban J connectivity index is 0.00000423. The van der Waals surface area contributed by atoms with Crippen molar-refractivity contribution in [1.29, 1.82) is 0 Å². The van der Waals surface area contributed by atoms with Gasteiger partial charge in [-0.25, -0.2) is 13.8 Å². The highest BCUT2D eigenvalue weighted by atomic mass is 35.5. The summed E-state index contributed by atoms with van der Waals surface area (Å²) in [6.07, 6.45) is -1.86. The van der Waals surface area contributed by atoms with E-state index in [2.05, 4.69) is 9.88 Å². The van der Waals surface area contributed by atoms with E-state index in [0.29, 0.717) is 60.8 Å². The van der Waals surface area contributed by atoms with E-state index in [4.69, 9.17) is 4.74 Å². The van der Waals surface area contributed by atoms with Gasteiger partial charge in [-0.15, -0.1) is 12.4 Å². The summed E-state index contributed by atoms with van der Waals surface area (Å²) < 4.78 is 72.5. The zero-order chi connectivity index (χ0) is 30.0. The number of piperazine rings is 1. The van der Waals surface area contributed by atoms with Crippen molar-refractivity contribution in [3.8, 4) is 5.75 Å². The number of carbonyl (C=O) groups is 1. The Morgan fingerprint density at radius 3 is 2.44 bits per heavy atom. The molecule has 4 aromatic rings. The largest absolute Gasteiger partial charge is 0.484 e. The molecule has 1 aliphatic heterocycles. The fraction of sp³-hybridized carbons (Fsp3) is 0.355. The van der Waals surface area contributed by atoms with Gasteiger partial charge < -0.3 is 14.5 Å². The van der Waals surface area contributed by atoms with Gasteiger partial charge in [0.05, 0.1) is 11.4 Å². The standard InChI is InChI=1S/C31H31F5N4O2.ClH/c1-3-26-30(40-13-12-22(32)17-29(40)37-26)28(41)11-5-21-4-10-27(25(33)16-21)38-14-15-39(20(2)18-38)23-6-8-24(9-7-23)42-19-31(34,35)36;/h4,6-10,12-13,16-17,20H,3,5,11,14-15,18-19H2,1-2H3;1H/t20-;/m0./s1. The van der Waals surface area contributed by atoms with Gasteiger partial charge >= 0.3 is 6.18 Å². The van der Waals surface area contributed by atoms with Crippen molar-refractivity contribution in [3.63, 3.8) is 0 Å². The Hall–Kier alpha value is -3.86. The number of aryl methyl sites for hydroxylation is 2. The normalized spacial score (nSPS) is 15.5. The van der Waals surface area contributed by atoms with Crippen molar-refractivity contribution >= 4 is 35.2 Å². The number of alkyl halides is 3. The maximum atomic E-state index is 15.3. The van der Waals surface area contributed by atoms with Crippen LogP contribution in [-0.2, 0) is 12.8 Å². The molecule has 230 valence electrons. The number of carbonyl (C=O) groups excluding carboxylic acids is 1. The summed E-state index contributed by atoms with van der Waals surface area (Å²) in [6.45, 7) is 4.26. The Bertz CT molecular complexity index is 1580. The number of halogens is 6. The first-order valence-corrected chi connectivity index (χ1v) is 13.8. The number of pyridine rings is 1. The fourth-order valence-electron chi connectivity index (χ4n) is 5.41. The lowest BCUT2D eigenvalue weighted by atomic mass is 10.0. The van der Waals surface area contributed by atoms with Crippen LogP contribution >= 0.6 is 12.4 Å². The number of aromatic nitrogens is 2. The number of hydrogen-bond donors (Lipinski definition) is 0. The summed E-state index contributed by atoms with van der Waals surface area (Å²) in [5.74, 6) is -0.787. The first-order chi connectivity index (χ1) is 20.0. The summed E-state index contributed by atoms with van der Waals surface area (Å²) in [5.41, 5.74) is 3.44. The average Bonchev–Trinajstić information content (AvgIpc) is 3.32. The minimum Gasteiger partial charge on any atom is -0.484 e. The molecule has 12 heteroatoms. The lowest BCUT2D eigenvalue weighted by Gasteiger charge is -2.42. The highest BCUT2D eigenvalue weighted by Gasteiger charge is 2.29. The molecule has 6 nitrogen and oxygen atoms in total. The number of rotatable bonds is 9. The van der Waals surface area contributed by atoms with E-state index in [9.17, 15) is 22.4 Å². The summed E-state index contributed by atoms with van der Waals surface area (Å²) >= 11 is 0. The minimum atomic E-state index is -4.40. The number of nitrogens with zero attached hydrogens (tertiary/aromatic N) is 4. The molecule has 1 saturated heterocycles. The van der Waals surface area contributed by atoms with Crippen molar-refractivity contribution in [2.24, 2.45) is 0 Å². The third kappa shape index (κ3) is 7.38. The van der Waals surface area contributed by atoms with Crippen molar-refractivity contribution in [1.82, 2.24) is 9.38 Å². The molecule has 1 atom stereocenters. The molecule has 5 rings (SSSR count). The average molecular weight is 623 g/mol. The van der Waals surface area contributed by atoms with E-state index >= 15 is 4.39 Å². The molecule has 2 aromatic heterocycles. The van der Waals surface area contributed by atoms with E-state index in [1.807, 2.05) is 24.8 Å². The second-order valence-electron chi connectivity index (χ2n) is 10.4. The van der Waals surface area contributed by atoms with Crippen molar-refractivity contribution in [2.75, 3.05) is 36.0 Å². The third-order valence-corrected chi connectivity index (χ3v) is 7.45. The summed E-state index contributed by atoms with van der Waals surface area (Å²) in [5, 5.41) is 0. The van der Waals surface area contributed by atoms with Gasteiger partial charge in [0.2, 0.25) is 0 Å². The SMILES string of the molecule is CCc1nc2cc(F)ccn2c1C(=O)CCc1ccc(N2CCN(c3ccc(OCC(F)(F)F)cc3)[C@@H](C)C2)c(F)c1.Cl. The molecule has 0 spiro atoms. The van der Waals surface area contributed by atoms with E-state index in [0.717, 1.165) is 5.69 Å². The van der Waals surface area contributed by atoms with Crippen LogP contribution in [0.4, 0.5) is 33.3 Å². The van der Waals surface area contributed by atoms with Crippen molar-refractivity contribution < 1.29 is 31.5 Å². The number of anilines is 2. The number of hydrogen-bond acceptors (Lipinski definition) is 5. The highest BCUT2D eigenvalue weighted by molar-refractivity contribution is 5.96. The van der Waals surface area contributed by atoms with Crippen LogP contribution in [0, 0.1) is 11.6 Å². The molecule has 1 aliphatic rings. The lowest BCUT2D eigenvalue weighted by Crippen LogP contribution is -2.52. The Kier molecular flexibility index (Phi) is 9.84. The Morgan fingerprint density at radius 1 is 1.05 bits per heavy atom. The van der Waals surface area contributed by atoms with E-state index < -0.39 is 18.6 Å². The maximum Gasteiger partial charge on any atom is 0.422 e. The van der Waals surface area contributed by atoms with Gasteiger partial charge in [0.1, 0.15) is 28.7 Å². The van der Waals surface area contributed by atoms with Crippen molar-refractivity contribution in [2.45, 2.75) is 45.3 Å². The molecule has 0 radical (unpaired) electrons. The summed E-state index contributed by atoms with van der Waals surface area (Å²) in [4.78, 5) is 21.6. The summed E-state index contributed by atoms with van der Waals surface area (Å²) in [6, 6.07) is 14.1. The van der Waals surface area contributed by atoms with E-state index in [1.165, 1.54) is 36.5 Å². The zero-order valence-electron chi connectivity index (χ0n) is 23.7. The molecule has 2 aromatic carbocycles. The molecule has 43 heavy (non-hydrogen) atoms. The minimum absolute atomic E-state index is 0. The molecule has 3 heterocycles. The predicted molar refractivity (Wildman–Crippen MR) is 158 cm³/mol. The van der Waals surface area contributed by atoms with Gasteiger partial charge in [-0.1, -0.05) is 13.0 Å². The van der Waals surface area contributed by atoms with Gasteiger partial charge in [-0.2, -0.15) is 13.2 Å². The number of ketones is 1. The van der Waals surface area contributed by atoms with E-state index in [1.54, 1.807) is 22.6 Å². The molecule has 0 saturated carbocycles. The van der Waals surface area contributed by atoms with Crippen LogP contribution in [0.5, 0.6) is 5.75 Å². The monoisotopic (exact) mass is 622 g/mol. The molecular weight excluding hydrogens is 591 g/mol. The van der Waals surface area contributed by atoms with Crippen LogP contribution < -0.4 is 14.5 Å².